The van der Waals surface area contributed by atoms with E-state index in [4.69, 9.17) is 0 Å². The third kappa shape index (κ3) is 3.49. The number of hydrogen-bond acceptors (Lipinski definition) is 6. The van der Waals surface area contributed by atoms with Crippen molar-refractivity contribution in [2.45, 2.75) is 61.9 Å². The highest BCUT2D eigenvalue weighted by Gasteiger charge is 2.28. The van der Waals surface area contributed by atoms with Crippen LogP contribution in [0.3, 0.4) is 0 Å². The SMILES string of the molecule is O=C(CSc1nnnn1C1CC1)NC1CCC(O)CC1. The maximum Gasteiger partial charge on any atom is 0.230 e. The van der Waals surface area contributed by atoms with Gasteiger partial charge in [0.25, 0.3) is 0 Å². The molecule has 0 saturated heterocycles. The van der Waals surface area contributed by atoms with Crippen molar-refractivity contribution in [3.63, 3.8) is 0 Å². The first-order valence-electron chi connectivity index (χ1n) is 7.10. The number of nitrogens with one attached hydrogen (secondary N) is 1. The van der Waals surface area contributed by atoms with Crippen molar-refractivity contribution in [2.75, 3.05) is 5.75 Å². The maximum absolute atomic E-state index is 11.9. The van der Waals surface area contributed by atoms with Gasteiger partial charge in [-0.3, -0.25) is 4.79 Å². The van der Waals surface area contributed by atoms with Gasteiger partial charge in [-0.2, -0.15) is 0 Å². The van der Waals surface area contributed by atoms with Crippen LogP contribution in [0.4, 0.5) is 0 Å². The first kappa shape index (κ1) is 13.8. The fraction of sp³-hybridized carbons (Fsp3) is 0.833. The molecule has 20 heavy (non-hydrogen) atoms. The van der Waals surface area contributed by atoms with Gasteiger partial charge in [-0.15, -0.1) is 5.10 Å². The standard InChI is InChI=1S/C12H19N5O2S/c18-10-5-1-8(2-6-10)13-11(19)7-20-12-14-15-16-17(12)9-3-4-9/h8-10,18H,1-7H2,(H,13,19). The minimum absolute atomic E-state index is 0.0155. The summed E-state index contributed by atoms with van der Waals surface area (Å²) in [5.74, 6) is 0.355. The first-order valence-corrected chi connectivity index (χ1v) is 8.09. The number of aromatic nitrogens is 4. The normalized spacial score (nSPS) is 26.4. The van der Waals surface area contributed by atoms with Crippen LogP contribution < -0.4 is 5.32 Å². The molecule has 1 amide bonds. The second-order valence-electron chi connectivity index (χ2n) is 5.50. The molecule has 1 aromatic rings. The van der Waals surface area contributed by atoms with Gasteiger partial charge < -0.3 is 10.4 Å². The van der Waals surface area contributed by atoms with Gasteiger partial charge in [0.1, 0.15) is 0 Å². The molecule has 2 saturated carbocycles. The number of nitrogens with zero attached hydrogens (tertiary/aromatic N) is 4. The minimum Gasteiger partial charge on any atom is -0.393 e. The lowest BCUT2D eigenvalue weighted by Crippen LogP contribution is -2.39. The van der Waals surface area contributed by atoms with Crippen LogP contribution in [0, 0.1) is 0 Å². The molecule has 0 atom stereocenters. The van der Waals surface area contributed by atoms with Gasteiger partial charge in [0.2, 0.25) is 11.1 Å². The van der Waals surface area contributed by atoms with Crippen LogP contribution in [-0.2, 0) is 4.79 Å². The number of aliphatic hydroxyl groups excluding tert-OH is 1. The molecule has 1 aromatic heterocycles. The second-order valence-corrected chi connectivity index (χ2v) is 6.44. The van der Waals surface area contributed by atoms with Crippen molar-refractivity contribution in [1.82, 2.24) is 25.5 Å². The quantitative estimate of drug-likeness (QED) is 0.770. The van der Waals surface area contributed by atoms with Gasteiger partial charge in [-0.25, -0.2) is 4.68 Å². The zero-order chi connectivity index (χ0) is 13.9. The number of hydrogen-bond donors (Lipinski definition) is 2. The van der Waals surface area contributed by atoms with Crippen molar-refractivity contribution < 1.29 is 9.90 Å². The Balaban J connectivity index is 1.43. The van der Waals surface area contributed by atoms with E-state index in [1.165, 1.54) is 11.8 Å². The largest absolute Gasteiger partial charge is 0.393 e. The zero-order valence-corrected chi connectivity index (χ0v) is 12.1. The summed E-state index contributed by atoms with van der Waals surface area (Å²) in [5, 5.41) is 24.8. The summed E-state index contributed by atoms with van der Waals surface area (Å²) >= 11 is 1.38. The number of tetrazole rings is 1. The predicted octanol–water partition coefficient (Wildman–Crippen LogP) is 0.520. The van der Waals surface area contributed by atoms with Crippen molar-refractivity contribution in [2.24, 2.45) is 0 Å². The van der Waals surface area contributed by atoms with Crippen LogP contribution in [-0.4, -0.2) is 49.1 Å². The molecule has 0 aliphatic heterocycles. The van der Waals surface area contributed by atoms with E-state index in [-0.39, 0.29) is 18.1 Å². The molecule has 2 aliphatic carbocycles. The topological polar surface area (TPSA) is 92.9 Å². The molecule has 0 bridgehead atoms. The second kappa shape index (κ2) is 6.09. The summed E-state index contributed by atoms with van der Waals surface area (Å²) in [6.45, 7) is 0. The van der Waals surface area contributed by atoms with Crippen molar-refractivity contribution in [3.05, 3.63) is 0 Å². The molecule has 1 heterocycles. The lowest BCUT2D eigenvalue weighted by atomic mass is 9.93. The fourth-order valence-electron chi connectivity index (χ4n) is 2.45. The Labute approximate surface area is 121 Å². The van der Waals surface area contributed by atoms with Crippen LogP contribution in [0.5, 0.6) is 0 Å². The molecule has 0 unspecified atom stereocenters. The van der Waals surface area contributed by atoms with E-state index in [9.17, 15) is 9.90 Å². The lowest BCUT2D eigenvalue weighted by Gasteiger charge is -2.26. The fourth-order valence-corrected chi connectivity index (χ4v) is 3.20. The average Bonchev–Trinajstić information content (AvgIpc) is 3.18. The van der Waals surface area contributed by atoms with E-state index in [0.717, 1.165) is 43.7 Å². The molecule has 0 radical (unpaired) electrons. The Morgan fingerprint density at radius 3 is 2.75 bits per heavy atom. The number of carbonyl (C=O) groups is 1. The number of carbonyl (C=O) groups excluding carboxylic acids is 1. The Morgan fingerprint density at radius 2 is 2.05 bits per heavy atom. The van der Waals surface area contributed by atoms with E-state index in [2.05, 4.69) is 20.8 Å². The van der Waals surface area contributed by atoms with Gasteiger partial charge in [0.05, 0.1) is 17.9 Å². The van der Waals surface area contributed by atoms with E-state index in [0.29, 0.717) is 11.8 Å². The molecule has 2 N–H and O–H groups in total. The number of thioether (sulfide) groups is 1. The van der Waals surface area contributed by atoms with Gasteiger partial charge in [-0.05, 0) is 49.0 Å². The molecule has 2 aliphatic rings. The van der Waals surface area contributed by atoms with E-state index < -0.39 is 0 Å². The summed E-state index contributed by atoms with van der Waals surface area (Å²) < 4.78 is 1.81. The van der Waals surface area contributed by atoms with Crippen LogP contribution in [0.1, 0.15) is 44.6 Å². The molecular weight excluding hydrogens is 278 g/mol. The van der Waals surface area contributed by atoms with Gasteiger partial charge >= 0.3 is 0 Å². The summed E-state index contributed by atoms with van der Waals surface area (Å²) in [5.41, 5.74) is 0. The highest BCUT2D eigenvalue weighted by molar-refractivity contribution is 7.99. The molecule has 110 valence electrons. The molecule has 2 fully saturated rings. The molecule has 3 rings (SSSR count). The Kier molecular flexibility index (Phi) is 4.21. The molecule has 7 nitrogen and oxygen atoms in total. The van der Waals surface area contributed by atoms with Crippen molar-refractivity contribution >= 4 is 17.7 Å². The monoisotopic (exact) mass is 297 g/mol. The summed E-state index contributed by atoms with van der Waals surface area (Å²) in [6.07, 6.45) is 5.32. The third-order valence-corrected chi connectivity index (χ3v) is 4.68. The molecule has 0 aromatic carbocycles. The maximum atomic E-state index is 11.9. The van der Waals surface area contributed by atoms with Crippen LogP contribution in [0.2, 0.25) is 0 Å². The van der Waals surface area contributed by atoms with Gasteiger partial charge in [0, 0.05) is 6.04 Å². The third-order valence-electron chi connectivity index (χ3n) is 3.75. The lowest BCUT2D eigenvalue weighted by molar-refractivity contribution is -0.119. The highest BCUT2D eigenvalue weighted by atomic mass is 32.2. The summed E-state index contributed by atoms with van der Waals surface area (Å²) in [7, 11) is 0. The number of rotatable bonds is 5. The first-order chi connectivity index (χ1) is 9.72. The van der Waals surface area contributed by atoms with E-state index in [1.54, 1.807) is 0 Å². The van der Waals surface area contributed by atoms with Gasteiger partial charge in [0.15, 0.2) is 0 Å². The molecule has 8 heteroatoms. The number of aliphatic hydroxyl groups is 1. The van der Waals surface area contributed by atoms with Gasteiger partial charge in [-0.1, -0.05) is 11.8 Å². The van der Waals surface area contributed by atoms with E-state index in [1.807, 2.05) is 4.68 Å². The zero-order valence-electron chi connectivity index (χ0n) is 11.2. The predicted molar refractivity (Wildman–Crippen MR) is 73.2 cm³/mol. The van der Waals surface area contributed by atoms with Crippen LogP contribution >= 0.6 is 11.8 Å². The average molecular weight is 297 g/mol. The summed E-state index contributed by atoms with van der Waals surface area (Å²) in [4.78, 5) is 11.9. The smallest absolute Gasteiger partial charge is 0.230 e. The highest BCUT2D eigenvalue weighted by Crippen LogP contribution is 2.36. The van der Waals surface area contributed by atoms with Crippen LogP contribution in [0.25, 0.3) is 0 Å². The minimum atomic E-state index is -0.194. The Bertz CT molecular complexity index is 468. The molecule has 0 spiro atoms. The van der Waals surface area contributed by atoms with E-state index >= 15 is 0 Å². The Hall–Kier alpha value is -1.15. The van der Waals surface area contributed by atoms with Crippen molar-refractivity contribution in [1.29, 1.82) is 0 Å². The Morgan fingerprint density at radius 1 is 1.30 bits per heavy atom. The van der Waals surface area contributed by atoms with Crippen LogP contribution in [0.15, 0.2) is 5.16 Å². The summed E-state index contributed by atoms with van der Waals surface area (Å²) in [6, 6.07) is 0.626. The number of amides is 1. The molecular formula is C12H19N5O2S. The van der Waals surface area contributed by atoms with Crippen molar-refractivity contribution in [3.8, 4) is 0 Å².